The van der Waals surface area contributed by atoms with Crippen molar-refractivity contribution in [2.24, 2.45) is 0 Å². The van der Waals surface area contributed by atoms with Crippen molar-refractivity contribution in [3.63, 3.8) is 0 Å². The molecule has 222 valence electrons. The average Bonchev–Trinajstić information content (AvgIpc) is 3.30. The normalized spacial score (nSPS) is 12.2. The smallest absolute Gasteiger partial charge is 0.408 e. The van der Waals surface area contributed by atoms with Gasteiger partial charge in [0.2, 0.25) is 0 Å². The van der Waals surface area contributed by atoms with Gasteiger partial charge in [-0.3, -0.25) is 4.57 Å². The molecular weight excluding hydrogens is 581 g/mol. The van der Waals surface area contributed by atoms with Gasteiger partial charge in [0.1, 0.15) is 31.4 Å². The monoisotopic (exact) mass is 613 g/mol. The van der Waals surface area contributed by atoms with E-state index in [9.17, 15) is 14.2 Å². The highest BCUT2D eigenvalue weighted by Gasteiger charge is 2.31. The van der Waals surface area contributed by atoms with E-state index >= 15 is 0 Å². The SMILES string of the molecule is CCOP(=O)(Cn1c(CC(NC(=O)OCc2ccccc2)C(=O)OCc2ccccc2)nc2cc(Cl)ccc21)OCC. The maximum atomic E-state index is 13.5. The molecule has 0 aliphatic heterocycles. The summed E-state index contributed by atoms with van der Waals surface area (Å²) in [7, 11) is -3.58. The van der Waals surface area contributed by atoms with Crippen LogP contribution < -0.4 is 5.32 Å². The maximum Gasteiger partial charge on any atom is 0.408 e. The Morgan fingerprint density at radius 3 is 2.10 bits per heavy atom. The summed E-state index contributed by atoms with van der Waals surface area (Å²) in [4.78, 5) is 30.8. The first-order valence-electron chi connectivity index (χ1n) is 13.5. The Morgan fingerprint density at radius 2 is 1.50 bits per heavy atom. The summed E-state index contributed by atoms with van der Waals surface area (Å²) in [5.74, 6) is -0.345. The lowest BCUT2D eigenvalue weighted by Crippen LogP contribution is -2.44. The fourth-order valence-electron chi connectivity index (χ4n) is 4.26. The van der Waals surface area contributed by atoms with Gasteiger partial charge in [-0.1, -0.05) is 72.3 Å². The third-order valence-corrected chi connectivity index (χ3v) is 8.32. The number of hydrogen-bond acceptors (Lipinski definition) is 8. The minimum absolute atomic E-state index is 0.00677. The van der Waals surface area contributed by atoms with Crippen LogP contribution in [0.5, 0.6) is 0 Å². The van der Waals surface area contributed by atoms with Crippen LogP contribution in [-0.2, 0) is 53.8 Å². The third-order valence-electron chi connectivity index (χ3n) is 6.16. The molecule has 0 aliphatic rings. The van der Waals surface area contributed by atoms with Gasteiger partial charge in [-0.2, -0.15) is 0 Å². The summed E-state index contributed by atoms with van der Waals surface area (Å²) in [5.41, 5.74) is 2.70. The number of rotatable bonds is 14. The van der Waals surface area contributed by atoms with E-state index in [0.29, 0.717) is 21.9 Å². The molecule has 1 unspecified atom stereocenters. The van der Waals surface area contributed by atoms with E-state index in [-0.39, 0.29) is 39.1 Å². The molecule has 1 atom stereocenters. The first-order valence-corrected chi connectivity index (χ1v) is 15.6. The van der Waals surface area contributed by atoms with Crippen LogP contribution in [0.2, 0.25) is 5.02 Å². The fraction of sp³-hybridized carbons (Fsp3) is 0.300. The van der Waals surface area contributed by atoms with Crippen molar-refractivity contribution in [3.8, 4) is 0 Å². The Hall–Kier alpha value is -3.69. The number of nitrogens with zero attached hydrogens (tertiary/aromatic N) is 2. The second-order valence-electron chi connectivity index (χ2n) is 9.23. The predicted octanol–water partition coefficient (Wildman–Crippen LogP) is 6.49. The van der Waals surface area contributed by atoms with Gasteiger partial charge in [-0.05, 0) is 43.2 Å². The lowest BCUT2D eigenvalue weighted by molar-refractivity contribution is -0.147. The van der Waals surface area contributed by atoms with Gasteiger partial charge < -0.3 is 28.4 Å². The molecule has 0 spiro atoms. The summed E-state index contributed by atoms with van der Waals surface area (Å²) in [5, 5.41) is 3.08. The molecule has 0 radical (unpaired) electrons. The predicted molar refractivity (Wildman–Crippen MR) is 159 cm³/mol. The number of ether oxygens (including phenoxy) is 2. The van der Waals surface area contributed by atoms with Crippen LogP contribution in [0.3, 0.4) is 0 Å². The summed E-state index contributed by atoms with van der Waals surface area (Å²) >= 11 is 6.22. The quantitative estimate of drug-likeness (QED) is 0.127. The van der Waals surface area contributed by atoms with E-state index in [4.69, 9.17) is 30.1 Å². The molecule has 42 heavy (non-hydrogen) atoms. The molecule has 4 rings (SSSR count). The van der Waals surface area contributed by atoms with Crippen LogP contribution in [-0.4, -0.2) is 40.9 Å². The number of esters is 1. The van der Waals surface area contributed by atoms with Crippen molar-refractivity contribution < 1.29 is 32.7 Å². The maximum absolute atomic E-state index is 13.5. The largest absolute Gasteiger partial charge is 0.459 e. The zero-order chi connectivity index (χ0) is 30.0. The number of carbonyl (C=O) groups is 2. The highest BCUT2D eigenvalue weighted by atomic mass is 35.5. The number of imidazole rings is 1. The standard InChI is InChI=1S/C30H33ClN3O7P/c1-3-40-42(37,41-4-2)21-34-27-16-15-24(31)17-25(27)32-28(34)18-26(29(35)38-19-22-11-7-5-8-12-22)33-30(36)39-20-23-13-9-6-10-14-23/h5-17,26H,3-4,18-21H2,1-2H3,(H,33,36). The Kier molecular flexibility index (Phi) is 11.1. The molecule has 0 saturated heterocycles. The van der Waals surface area contributed by atoms with E-state index in [0.717, 1.165) is 11.1 Å². The molecule has 4 aromatic rings. The summed E-state index contributed by atoms with van der Waals surface area (Å²) in [6, 6.07) is 22.3. The first-order chi connectivity index (χ1) is 20.3. The van der Waals surface area contributed by atoms with E-state index in [1.165, 1.54) is 0 Å². The van der Waals surface area contributed by atoms with Crippen molar-refractivity contribution in [2.75, 3.05) is 13.2 Å². The van der Waals surface area contributed by atoms with Crippen LogP contribution in [0.1, 0.15) is 30.8 Å². The average molecular weight is 614 g/mol. The van der Waals surface area contributed by atoms with E-state index in [1.54, 1.807) is 36.6 Å². The number of halogens is 1. The molecule has 0 aliphatic carbocycles. The van der Waals surface area contributed by atoms with Crippen LogP contribution in [0, 0.1) is 0 Å². The highest BCUT2D eigenvalue weighted by molar-refractivity contribution is 7.52. The zero-order valence-corrected chi connectivity index (χ0v) is 25.1. The Bertz CT molecular complexity index is 1520. The Labute approximate surface area is 249 Å². The molecule has 1 aromatic heterocycles. The van der Waals surface area contributed by atoms with Crippen LogP contribution in [0.15, 0.2) is 78.9 Å². The van der Waals surface area contributed by atoms with Gasteiger partial charge in [0.05, 0.1) is 24.2 Å². The van der Waals surface area contributed by atoms with Crippen molar-refractivity contribution >= 4 is 42.3 Å². The summed E-state index contributed by atoms with van der Waals surface area (Å²) in [6.45, 7) is 3.82. The van der Waals surface area contributed by atoms with Gasteiger partial charge in [-0.15, -0.1) is 0 Å². The minimum atomic E-state index is -3.58. The molecule has 0 saturated carbocycles. The number of benzene rings is 3. The van der Waals surface area contributed by atoms with E-state index in [2.05, 4.69) is 10.3 Å². The van der Waals surface area contributed by atoms with Crippen LogP contribution in [0.4, 0.5) is 4.79 Å². The fourth-order valence-corrected chi connectivity index (χ4v) is 6.12. The van der Waals surface area contributed by atoms with Crippen molar-refractivity contribution in [2.45, 2.75) is 45.8 Å². The number of amides is 1. The number of hydrogen-bond donors (Lipinski definition) is 1. The lowest BCUT2D eigenvalue weighted by atomic mass is 10.2. The first kappa shape index (κ1) is 31.3. The van der Waals surface area contributed by atoms with Gasteiger partial charge in [-0.25, -0.2) is 14.6 Å². The number of aromatic nitrogens is 2. The van der Waals surface area contributed by atoms with E-state index in [1.807, 2.05) is 60.7 Å². The number of fused-ring (bicyclic) bond motifs is 1. The molecule has 12 heteroatoms. The third kappa shape index (κ3) is 8.66. The Morgan fingerprint density at radius 1 is 0.905 bits per heavy atom. The molecule has 10 nitrogen and oxygen atoms in total. The molecule has 3 aromatic carbocycles. The minimum Gasteiger partial charge on any atom is -0.459 e. The van der Waals surface area contributed by atoms with Crippen molar-refractivity contribution in [3.05, 3.63) is 101 Å². The molecule has 1 amide bonds. The van der Waals surface area contributed by atoms with E-state index < -0.39 is 25.7 Å². The van der Waals surface area contributed by atoms with Crippen molar-refractivity contribution in [1.29, 1.82) is 0 Å². The molecular formula is C30H33ClN3O7P. The van der Waals surface area contributed by atoms with Crippen molar-refractivity contribution in [1.82, 2.24) is 14.9 Å². The second kappa shape index (κ2) is 15.0. The summed E-state index contributed by atoms with van der Waals surface area (Å²) in [6.07, 6.45) is -1.06. The van der Waals surface area contributed by atoms with Crippen LogP contribution in [0.25, 0.3) is 11.0 Å². The molecule has 1 N–H and O–H groups in total. The Balaban J connectivity index is 1.62. The number of nitrogens with one attached hydrogen (secondary N) is 1. The number of alkyl carbamates (subject to hydrolysis) is 1. The second-order valence-corrected chi connectivity index (χ2v) is 11.7. The zero-order valence-electron chi connectivity index (χ0n) is 23.4. The molecule has 0 bridgehead atoms. The number of carbonyl (C=O) groups excluding carboxylic acids is 2. The van der Waals surface area contributed by atoms with Crippen LogP contribution >= 0.6 is 19.2 Å². The van der Waals surface area contributed by atoms with Gasteiger partial charge in [0.15, 0.2) is 0 Å². The van der Waals surface area contributed by atoms with Gasteiger partial charge in [0.25, 0.3) is 0 Å². The highest BCUT2D eigenvalue weighted by Crippen LogP contribution is 2.50. The molecule has 1 heterocycles. The van der Waals surface area contributed by atoms with Gasteiger partial charge >= 0.3 is 19.7 Å². The van der Waals surface area contributed by atoms with Gasteiger partial charge in [0, 0.05) is 11.4 Å². The topological polar surface area (TPSA) is 118 Å². The lowest BCUT2D eigenvalue weighted by Gasteiger charge is -2.21. The molecule has 0 fully saturated rings. The summed E-state index contributed by atoms with van der Waals surface area (Å²) < 4.78 is 37.2.